The van der Waals surface area contributed by atoms with Gasteiger partial charge in [-0.05, 0) is 44.2 Å². The second-order valence-electron chi connectivity index (χ2n) is 6.32. The van der Waals surface area contributed by atoms with Crippen molar-refractivity contribution in [2.24, 2.45) is 5.73 Å². The molecular formula is C20H14N4OS3. The Morgan fingerprint density at radius 1 is 1.04 bits per heavy atom. The number of nitrogens with two attached hydrogens (primary N) is 1. The predicted molar refractivity (Wildman–Crippen MR) is 114 cm³/mol. The van der Waals surface area contributed by atoms with Crippen LogP contribution in [0.15, 0.2) is 34.6 Å². The number of thiophene rings is 2. The quantitative estimate of drug-likeness (QED) is 0.687. The van der Waals surface area contributed by atoms with E-state index < -0.39 is 5.92 Å². The Bertz CT molecular complexity index is 1400. The van der Waals surface area contributed by atoms with E-state index in [0.717, 1.165) is 19.5 Å². The van der Waals surface area contributed by atoms with Gasteiger partial charge in [0.25, 0.3) is 5.56 Å². The average Bonchev–Trinajstić information content (AvgIpc) is 3.35. The molecule has 4 rings (SSSR count). The molecule has 0 spiro atoms. The molecule has 4 heterocycles. The molecule has 0 amide bonds. The largest absolute Gasteiger partial charge is 0.384 e. The van der Waals surface area contributed by atoms with E-state index >= 15 is 0 Å². The normalized spacial score (nSPS) is 16.8. The first kappa shape index (κ1) is 18.5. The smallest absolute Gasteiger partial charge is 0.274 e. The summed E-state index contributed by atoms with van der Waals surface area (Å²) in [6.45, 7) is 3.97. The number of rotatable bonds is 2. The van der Waals surface area contributed by atoms with Gasteiger partial charge >= 0.3 is 0 Å². The highest BCUT2D eigenvalue weighted by Gasteiger charge is 2.32. The third kappa shape index (κ3) is 2.83. The first-order valence-electron chi connectivity index (χ1n) is 8.35. The molecule has 3 aromatic rings. The van der Waals surface area contributed by atoms with Gasteiger partial charge in [0.15, 0.2) is 0 Å². The molecule has 0 saturated carbocycles. The molecule has 5 nitrogen and oxygen atoms in total. The van der Waals surface area contributed by atoms with Crippen LogP contribution in [-0.2, 0) is 0 Å². The Morgan fingerprint density at radius 3 is 2.29 bits per heavy atom. The average molecular weight is 423 g/mol. The number of aromatic nitrogens is 1. The number of allylic oxidation sites excluding steroid dienone is 1. The molecule has 0 aliphatic carbocycles. The van der Waals surface area contributed by atoms with E-state index in [-0.39, 0.29) is 17.0 Å². The van der Waals surface area contributed by atoms with E-state index in [0.29, 0.717) is 14.8 Å². The zero-order chi connectivity index (χ0) is 20.0. The second kappa shape index (κ2) is 6.92. The highest BCUT2D eigenvalue weighted by Crippen LogP contribution is 2.38. The summed E-state index contributed by atoms with van der Waals surface area (Å²) in [4.78, 5) is 17.1. The van der Waals surface area contributed by atoms with Gasteiger partial charge in [0, 0.05) is 19.5 Å². The van der Waals surface area contributed by atoms with Crippen LogP contribution in [0.2, 0.25) is 0 Å². The van der Waals surface area contributed by atoms with Crippen molar-refractivity contribution in [1.29, 1.82) is 10.5 Å². The lowest BCUT2D eigenvalue weighted by atomic mass is 9.89. The summed E-state index contributed by atoms with van der Waals surface area (Å²) in [6, 6.07) is 12.2. The maximum atomic E-state index is 13.0. The van der Waals surface area contributed by atoms with E-state index in [1.54, 1.807) is 11.3 Å². The Balaban J connectivity index is 2.07. The summed E-state index contributed by atoms with van der Waals surface area (Å²) in [5.41, 5.74) is 6.59. The second-order valence-corrected chi connectivity index (χ2v) is 9.99. The van der Waals surface area contributed by atoms with Crippen molar-refractivity contribution >= 4 is 51.5 Å². The van der Waals surface area contributed by atoms with Crippen LogP contribution in [0.5, 0.6) is 0 Å². The molecule has 3 aromatic heterocycles. The third-order valence-corrected chi connectivity index (χ3v) is 7.59. The third-order valence-electron chi connectivity index (χ3n) is 4.47. The summed E-state index contributed by atoms with van der Waals surface area (Å²) < 4.78 is 2.30. The summed E-state index contributed by atoms with van der Waals surface area (Å²) in [7, 11) is 0. The van der Waals surface area contributed by atoms with E-state index in [1.165, 1.54) is 27.2 Å². The Labute approximate surface area is 172 Å². The SMILES string of the molecule is Cc1ccc(/C=c2\sc3n(c2=O)C(N)=C(C#N)C(c2ccc(C)s2)C=3C#N)s1. The summed E-state index contributed by atoms with van der Waals surface area (Å²) in [5, 5.41) is 19.6. The van der Waals surface area contributed by atoms with E-state index in [1.807, 2.05) is 44.2 Å². The van der Waals surface area contributed by atoms with Crippen molar-refractivity contribution in [2.75, 3.05) is 0 Å². The lowest BCUT2D eigenvalue weighted by Gasteiger charge is -2.20. The van der Waals surface area contributed by atoms with Crippen LogP contribution in [0, 0.1) is 36.5 Å². The van der Waals surface area contributed by atoms with Crippen LogP contribution in [0.3, 0.4) is 0 Å². The topological polar surface area (TPSA) is 95.6 Å². The molecule has 0 aromatic carbocycles. The van der Waals surface area contributed by atoms with Crippen molar-refractivity contribution in [3.8, 4) is 12.1 Å². The van der Waals surface area contributed by atoms with Gasteiger partial charge in [0.2, 0.25) is 0 Å². The van der Waals surface area contributed by atoms with Gasteiger partial charge in [-0.15, -0.1) is 34.0 Å². The molecule has 1 aliphatic rings. The van der Waals surface area contributed by atoms with Crippen molar-refractivity contribution in [1.82, 2.24) is 4.57 Å². The van der Waals surface area contributed by atoms with E-state index in [4.69, 9.17) is 5.73 Å². The summed E-state index contributed by atoms with van der Waals surface area (Å²) in [5.74, 6) is -0.431. The number of hydrogen-bond donors (Lipinski definition) is 1. The lowest BCUT2D eigenvalue weighted by molar-refractivity contribution is 0.914. The summed E-state index contributed by atoms with van der Waals surface area (Å²) in [6.07, 6.45) is 1.81. The van der Waals surface area contributed by atoms with Gasteiger partial charge in [0.1, 0.15) is 10.5 Å². The van der Waals surface area contributed by atoms with Crippen molar-refractivity contribution < 1.29 is 0 Å². The number of nitrogens with zero attached hydrogens (tertiary/aromatic N) is 3. The van der Waals surface area contributed by atoms with Crippen molar-refractivity contribution in [3.63, 3.8) is 0 Å². The monoisotopic (exact) mass is 422 g/mol. The fourth-order valence-electron chi connectivity index (χ4n) is 3.20. The number of fused-ring (bicyclic) bond motifs is 1. The molecule has 1 atom stereocenters. The molecule has 28 heavy (non-hydrogen) atoms. The number of thiazole rings is 1. The molecule has 0 radical (unpaired) electrons. The van der Waals surface area contributed by atoms with Gasteiger partial charge < -0.3 is 5.73 Å². The van der Waals surface area contributed by atoms with Crippen molar-refractivity contribution in [3.05, 3.63) is 68.9 Å². The number of aryl methyl sites for hydroxylation is 2. The number of hydrogen-bond acceptors (Lipinski definition) is 7. The molecule has 2 N–H and O–H groups in total. The first-order chi connectivity index (χ1) is 13.4. The molecule has 1 aliphatic heterocycles. The molecule has 0 bridgehead atoms. The minimum absolute atomic E-state index is 0.107. The van der Waals surface area contributed by atoms with Crippen LogP contribution in [0.4, 0.5) is 0 Å². The van der Waals surface area contributed by atoms with E-state index in [9.17, 15) is 15.3 Å². The minimum Gasteiger partial charge on any atom is -0.384 e. The first-order valence-corrected chi connectivity index (χ1v) is 10.8. The zero-order valence-corrected chi connectivity index (χ0v) is 17.5. The molecule has 8 heteroatoms. The predicted octanol–water partition coefficient (Wildman–Crippen LogP) is 2.60. The molecule has 1 unspecified atom stereocenters. The Kier molecular flexibility index (Phi) is 4.56. The van der Waals surface area contributed by atoms with Crippen LogP contribution in [0.1, 0.15) is 25.4 Å². The molecule has 0 fully saturated rings. The van der Waals surface area contributed by atoms with Crippen LogP contribution < -0.4 is 20.5 Å². The fourth-order valence-corrected chi connectivity index (χ4v) is 6.22. The highest BCUT2D eigenvalue weighted by molar-refractivity contribution is 7.13. The fraction of sp³-hybridized carbons (Fsp3) is 0.150. The maximum Gasteiger partial charge on any atom is 0.274 e. The van der Waals surface area contributed by atoms with Gasteiger partial charge in [0.05, 0.1) is 33.7 Å². The highest BCUT2D eigenvalue weighted by atomic mass is 32.1. The van der Waals surface area contributed by atoms with Gasteiger partial charge in [-0.2, -0.15) is 10.5 Å². The van der Waals surface area contributed by atoms with Gasteiger partial charge in [-0.25, -0.2) is 0 Å². The zero-order valence-electron chi connectivity index (χ0n) is 15.0. The van der Waals surface area contributed by atoms with Crippen molar-refractivity contribution in [2.45, 2.75) is 19.8 Å². The molecule has 138 valence electrons. The molecular weight excluding hydrogens is 408 g/mol. The van der Waals surface area contributed by atoms with Crippen LogP contribution in [0.25, 0.3) is 17.5 Å². The van der Waals surface area contributed by atoms with Gasteiger partial charge in [-0.1, -0.05) is 0 Å². The maximum absolute atomic E-state index is 13.0. The van der Waals surface area contributed by atoms with E-state index in [2.05, 4.69) is 12.1 Å². The standard InChI is InChI=1S/C20H14N4OS3/c1-10-3-5-12(26-10)7-16-19(25)24-18(23)13(8-21)17(14(9-22)20(24)28-16)15-6-4-11(2)27-15/h3-7,17H,23H2,1-2H3/b16-7-. The Hall–Kier alpha value is -2.91. The van der Waals surface area contributed by atoms with Crippen LogP contribution in [-0.4, -0.2) is 4.57 Å². The summed E-state index contributed by atoms with van der Waals surface area (Å²) >= 11 is 4.35. The molecule has 0 saturated heterocycles. The van der Waals surface area contributed by atoms with Crippen LogP contribution >= 0.6 is 34.0 Å². The number of nitriles is 2. The lowest BCUT2D eigenvalue weighted by Crippen LogP contribution is -2.38. The van der Waals surface area contributed by atoms with Gasteiger partial charge in [-0.3, -0.25) is 9.36 Å². The minimum atomic E-state index is -0.538. The Morgan fingerprint density at radius 2 is 1.71 bits per heavy atom.